The number of carboxylic acid groups (broad SMARTS) is 3. The number of fused-ring (bicyclic) bond motifs is 9. The number of ether oxygens (including phenoxy) is 3. The van der Waals surface area contributed by atoms with E-state index >= 15 is 0 Å². The number of nitrogens with zero attached hydrogens (tertiary/aromatic N) is 19. The molecule has 0 saturated heterocycles. The molecule has 43 nitrogen and oxygen atoms in total. The zero-order chi connectivity index (χ0) is 86.4. The molecule has 15 aromatic heterocycles. The molecule has 9 N–H and O–H groups in total. The van der Waals surface area contributed by atoms with Gasteiger partial charge in [0.15, 0.2) is 103 Å². The molecule has 3 aliphatic carbocycles. The van der Waals surface area contributed by atoms with Crippen LogP contribution >= 0.6 is 0 Å². The van der Waals surface area contributed by atoms with Crippen molar-refractivity contribution in [3.63, 3.8) is 0 Å². The van der Waals surface area contributed by atoms with Crippen molar-refractivity contribution in [3.05, 3.63) is 246 Å². The maximum Gasteiger partial charge on any atom is 0.360 e. The molecule has 18 rings (SSSR count). The smallest absolute Gasteiger partial charge is 0.360 e. The lowest BCUT2D eigenvalue weighted by atomic mass is 10.2. The number of pyridine rings is 11. The highest BCUT2D eigenvalue weighted by molar-refractivity contribution is 6.24. The molecule has 15 heterocycles. The van der Waals surface area contributed by atoms with Gasteiger partial charge in [0.1, 0.15) is 66.9 Å². The van der Waals surface area contributed by atoms with E-state index in [4.69, 9.17) is 15.3 Å². The van der Waals surface area contributed by atoms with E-state index in [0.29, 0.717) is 60.4 Å². The van der Waals surface area contributed by atoms with Crippen LogP contribution in [0.1, 0.15) is 145 Å². The maximum atomic E-state index is 11.2. The molecule has 0 aromatic carbocycles. The third kappa shape index (κ3) is 19.4. The first-order valence-corrected chi connectivity index (χ1v) is 33.7. The number of esters is 3. The fourth-order valence-electron chi connectivity index (χ4n) is 10.5. The van der Waals surface area contributed by atoms with Crippen LogP contribution in [0.4, 0.5) is 0 Å². The number of aromatic carboxylic acids is 3. The zero-order valence-electron chi connectivity index (χ0n) is 61.5. The number of carbonyl (C=O) groups is 12. The van der Waals surface area contributed by atoms with Gasteiger partial charge in [-0.3, -0.25) is 63.7 Å². The Morgan fingerprint density at radius 1 is 0.275 bits per heavy atom. The Hall–Kier alpha value is -17.8. The standard InChI is InChI=1S/2C10H8N2O3.C9H7N3O3.2C9H6N2O3.C8H5N3O3.C8H5NO2.2C7H4N2O2/c2*1-15-10(14)8-9(13)7-6(5-12-8)3-2-4-11-7;1-15-9(14)7-8(13)6-5(4-12-7)10-2-3-11-6;2*12-8-6-5(2-1-3-10-6)4-11-7(8)9(13)14;12-7-5-4(9-1-2-10-5)3-11-6(7)8(13)14;10-6-4-7(11)8-5(6)2-1-3-9-8;10-4-3-5(11)7-6(4)8-1-2-9-7;10-5-3-6(11)7-4(5)1-2-8-9-7/h2*2-5,13H,1H3;2-4,13H,1H3;2*1-4,12H,(H,13,14);1-3,12H,(H,13,14);1-3H,4H2;2*1-2H,3H2. The molecule has 0 spiro atoms. The number of aromatic nitrogens is 19. The van der Waals surface area contributed by atoms with Crippen LogP contribution < -0.4 is 0 Å². The Morgan fingerprint density at radius 3 is 0.908 bits per heavy atom. The van der Waals surface area contributed by atoms with Crippen LogP contribution in [0.15, 0.2) is 178 Å². The Labute approximate surface area is 667 Å². The van der Waals surface area contributed by atoms with Crippen LogP contribution in [0.5, 0.6) is 34.5 Å². The SMILES string of the molecule is COC(=O)c1ncc2cccnc2c1O.COC(=O)c1ncc2cccnc2c1O.COC(=O)c1ncc2nccnc2c1O.O=C(O)c1ncc2cccnc2c1O.O=C(O)c1ncc2cccnc2c1O.O=C(O)c1ncc2nccnc2c1O.O=C1CC(=O)c2ncccc21.O=C1CC(=O)c2nccnc21.O=C1CC(=O)c2nnccc21. The average Bonchev–Trinajstić information content (AvgIpc) is 1.66. The molecule has 15 aromatic rings. The molecular formula is C77H53N19O24. The number of aromatic hydroxyl groups is 6. The van der Waals surface area contributed by atoms with Gasteiger partial charge in [0.05, 0.1) is 64.7 Å². The van der Waals surface area contributed by atoms with Gasteiger partial charge >= 0.3 is 35.8 Å². The number of hydrogen-bond donors (Lipinski definition) is 9. The van der Waals surface area contributed by atoms with E-state index in [1.54, 1.807) is 60.7 Å². The van der Waals surface area contributed by atoms with Crippen molar-refractivity contribution in [1.82, 2.24) is 94.9 Å². The molecule has 600 valence electrons. The highest BCUT2D eigenvalue weighted by Crippen LogP contribution is 2.31. The molecule has 0 amide bonds. The Morgan fingerprint density at radius 2 is 0.542 bits per heavy atom. The maximum absolute atomic E-state index is 11.2. The molecule has 120 heavy (non-hydrogen) atoms. The average molecular weight is 1630 g/mol. The van der Waals surface area contributed by atoms with Gasteiger partial charge in [0, 0.05) is 120 Å². The highest BCUT2D eigenvalue weighted by atomic mass is 16.5. The fourth-order valence-corrected chi connectivity index (χ4v) is 10.5. The van der Waals surface area contributed by atoms with Gasteiger partial charge < -0.3 is 60.2 Å². The number of carboxylic acids is 3. The van der Waals surface area contributed by atoms with Crippen molar-refractivity contribution >= 4 is 136 Å². The van der Waals surface area contributed by atoms with Gasteiger partial charge in [0.25, 0.3) is 0 Å². The van der Waals surface area contributed by atoms with Crippen molar-refractivity contribution in [2.24, 2.45) is 0 Å². The molecule has 0 fully saturated rings. The predicted octanol–water partition coefficient (Wildman–Crippen LogP) is 6.60. The molecule has 0 aliphatic heterocycles. The molecule has 0 radical (unpaired) electrons. The summed E-state index contributed by atoms with van der Waals surface area (Å²) in [6, 6.07) is 18.5. The first kappa shape index (κ1) is 84.6. The second-order valence-electron chi connectivity index (χ2n) is 23.5. The number of methoxy groups -OCH3 is 3. The zero-order valence-corrected chi connectivity index (χ0v) is 61.5. The molecule has 43 heteroatoms. The van der Waals surface area contributed by atoms with Crippen molar-refractivity contribution in [1.29, 1.82) is 0 Å². The van der Waals surface area contributed by atoms with Crippen LogP contribution in [0.3, 0.4) is 0 Å². The lowest BCUT2D eigenvalue weighted by Gasteiger charge is -2.03. The number of hydrogen-bond acceptors (Lipinski definition) is 40. The van der Waals surface area contributed by atoms with E-state index < -0.39 is 58.8 Å². The van der Waals surface area contributed by atoms with E-state index in [1.165, 1.54) is 139 Å². The van der Waals surface area contributed by atoms with Crippen LogP contribution in [0.2, 0.25) is 0 Å². The first-order chi connectivity index (χ1) is 57.7. The monoisotopic (exact) mass is 1630 g/mol. The van der Waals surface area contributed by atoms with Crippen molar-refractivity contribution in [2.45, 2.75) is 19.3 Å². The number of carbonyl (C=O) groups excluding carboxylic acids is 9. The van der Waals surface area contributed by atoms with Gasteiger partial charge in [-0.05, 0) is 66.7 Å². The van der Waals surface area contributed by atoms with E-state index in [2.05, 4.69) is 109 Å². The van der Waals surface area contributed by atoms with E-state index in [1.807, 2.05) is 0 Å². The van der Waals surface area contributed by atoms with Crippen LogP contribution in [-0.4, -0.2) is 233 Å². The van der Waals surface area contributed by atoms with Gasteiger partial charge in [-0.2, -0.15) is 5.10 Å². The Balaban J connectivity index is 0.000000142. The molecule has 0 unspecified atom stereocenters. The van der Waals surface area contributed by atoms with Crippen LogP contribution in [0, 0.1) is 0 Å². The number of rotatable bonds is 6. The van der Waals surface area contributed by atoms with E-state index in [9.17, 15) is 88.2 Å². The summed E-state index contributed by atoms with van der Waals surface area (Å²) in [4.78, 5) is 196. The first-order valence-electron chi connectivity index (χ1n) is 33.7. The van der Waals surface area contributed by atoms with Gasteiger partial charge in [-0.1, -0.05) is 0 Å². The second kappa shape index (κ2) is 38.6. The van der Waals surface area contributed by atoms with Crippen LogP contribution in [0.25, 0.3) is 65.7 Å². The van der Waals surface area contributed by atoms with E-state index in [0.717, 1.165) is 0 Å². The fraction of sp³-hybridized carbons (Fsp3) is 0.0779. The third-order valence-electron chi connectivity index (χ3n) is 16.1. The van der Waals surface area contributed by atoms with Crippen LogP contribution in [-0.2, 0) is 14.2 Å². The minimum Gasteiger partial charge on any atom is -0.504 e. The van der Waals surface area contributed by atoms with Gasteiger partial charge in [-0.15, -0.1) is 5.10 Å². The van der Waals surface area contributed by atoms with Crippen molar-refractivity contribution in [3.8, 4) is 34.5 Å². The van der Waals surface area contributed by atoms with Gasteiger partial charge in [0.2, 0.25) is 0 Å². The summed E-state index contributed by atoms with van der Waals surface area (Å²) < 4.78 is 13.4. The molecule has 0 saturated carbocycles. The topological polar surface area (TPSA) is 660 Å². The number of Topliss-reactive ketones (excluding diaryl/α,β-unsaturated/α-hetero) is 6. The minimum absolute atomic E-state index is 0.00759. The lowest BCUT2D eigenvalue weighted by molar-refractivity contribution is 0.0581. The van der Waals surface area contributed by atoms with Crippen molar-refractivity contribution < 1.29 is 118 Å². The minimum atomic E-state index is -1.30. The number of ketones is 6. The van der Waals surface area contributed by atoms with Crippen molar-refractivity contribution in [2.75, 3.05) is 21.3 Å². The third-order valence-corrected chi connectivity index (χ3v) is 16.1. The Bertz CT molecular complexity index is 5900. The summed E-state index contributed by atoms with van der Waals surface area (Å²) in [5, 5.41) is 93.3. The second-order valence-corrected chi connectivity index (χ2v) is 23.5. The normalized spacial score (nSPS) is 11.6. The molecule has 0 bridgehead atoms. The van der Waals surface area contributed by atoms with E-state index in [-0.39, 0.29) is 139 Å². The summed E-state index contributed by atoms with van der Waals surface area (Å²) in [5.41, 5.74) is 2.61. The Kier molecular flexibility index (Phi) is 27.2. The summed E-state index contributed by atoms with van der Waals surface area (Å²) in [6.45, 7) is 0. The summed E-state index contributed by atoms with van der Waals surface area (Å²) in [5.74, 6) is -9.06. The molecule has 0 atom stereocenters. The van der Waals surface area contributed by atoms with Gasteiger partial charge in [-0.25, -0.2) is 78.6 Å². The highest BCUT2D eigenvalue weighted by Gasteiger charge is 2.31. The quantitative estimate of drug-likeness (QED) is 0.0481. The summed E-state index contributed by atoms with van der Waals surface area (Å²) in [7, 11) is 3.67. The summed E-state index contributed by atoms with van der Waals surface area (Å²) in [6.07, 6.45) is 25.6. The lowest BCUT2D eigenvalue weighted by Crippen LogP contribution is -2.05. The largest absolute Gasteiger partial charge is 0.504 e. The predicted molar refractivity (Wildman–Crippen MR) is 406 cm³/mol. The molecule has 3 aliphatic rings. The molecular weight excluding hydrogens is 1570 g/mol. The summed E-state index contributed by atoms with van der Waals surface area (Å²) >= 11 is 0.